The molecule has 0 bridgehead atoms. The summed E-state index contributed by atoms with van der Waals surface area (Å²) in [5.74, 6) is 2.05. The predicted molar refractivity (Wildman–Crippen MR) is 44.1 cm³/mol. The summed E-state index contributed by atoms with van der Waals surface area (Å²) in [4.78, 5) is 23.7. The van der Waals surface area contributed by atoms with Gasteiger partial charge in [-0.1, -0.05) is 6.42 Å². The number of allylic oxidation sites excluding steroid dienone is 1. The summed E-state index contributed by atoms with van der Waals surface area (Å²) in [6.07, 6.45) is 6.88. The van der Waals surface area contributed by atoms with Crippen LogP contribution in [0.2, 0.25) is 0 Å². The number of hydrogen-bond acceptors (Lipinski definition) is 3. The molecule has 0 spiro atoms. The molecule has 1 rings (SSSR count). The molecule has 1 aliphatic rings. The molecule has 1 aliphatic carbocycles. The molecule has 2 atom stereocenters. The smallest absolute Gasteiger partial charge is 0.234 e. The van der Waals surface area contributed by atoms with Gasteiger partial charge >= 0.3 is 0 Å². The lowest BCUT2D eigenvalue weighted by Crippen LogP contribution is -2.16. The first-order valence-electron chi connectivity index (χ1n) is 4.15. The Morgan fingerprint density at radius 2 is 2.17 bits per heavy atom. The molecule has 3 nitrogen and oxygen atoms in total. The highest BCUT2D eigenvalue weighted by Crippen LogP contribution is 2.26. The van der Waals surface area contributed by atoms with Gasteiger partial charge in [0.1, 0.15) is 5.94 Å². The SMILES string of the molecule is O=C=CC1CCCC(N=C=O)C1. The van der Waals surface area contributed by atoms with E-state index in [0.29, 0.717) is 0 Å². The molecule has 3 heteroatoms. The van der Waals surface area contributed by atoms with Gasteiger partial charge in [-0.05, 0) is 25.2 Å². The Morgan fingerprint density at radius 1 is 1.33 bits per heavy atom. The van der Waals surface area contributed by atoms with Gasteiger partial charge in [0.05, 0.1) is 6.04 Å². The van der Waals surface area contributed by atoms with Crippen molar-refractivity contribution >= 4 is 12.0 Å². The second-order valence-corrected chi connectivity index (χ2v) is 3.09. The molecule has 0 aromatic rings. The Hall–Kier alpha value is -1.17. The zero-order valence-corrected chi connectivity index (χ0v) is 6.82. The third-order valence-corrected chi connectivity index (χ3v) is 2.23. The first-order valence-corrected chi connectivity index (χ1v) is 4.15. The number of nitrogens with zero attached hydrogens (tertiary/aromatic N) is 1. The summed E-state index contributed by atoms with van der Waals surface area (Å²) in [6, 6.07) is 0.0749. The molecule has 0 aliphatic heterocycles. The van der Waals surface area contributed by atoms with Crippen LogP contribution < -0.4 is 0 Å². The van der Waals surface area contributed by atoms with Crippen LogP contribution in [0.4, 0.5) is 0 Å². The highest BCUT2D eigenvalue weighted by atomic mass is 16.1. The Morgan fingerprint density at radius 3 is 2.83 bits per heavy atom. The largest absolute Gasteiger partial charge is 0.235 e. The molecule has 0 saturated heterocycles. The zero-order chi connectivity index (χ0) is 8.81. The number of hydrogen-bond donors (Lipinski definition) is 0. The third kappa shape index (κ3) is 2.46. The fraction of sp³-hybridized carbons (Fsp3) is 0.667. The van der Waals surface area contributed by atoms with Gasteiger partial charge in [-0.3, -0.25) is 0 Å². The van der Waals surface area contributed by atoms with E-state index in [9.17, 15) is 9.59 Å². The molecule has 0 aromatic carbocycles. The van der Waals surface area contributed by atoms with Crippen molar-refractivity contribution in [2.24, 2.45) is 10.9 Å². The normalized spacial score (nSPS) is 28.3. The molecule has 1 saturated carbocycles. The van der Waals surface area contributed by atoms with Gasteiger partial charge in [0.15, 0.2) is 0 Å². The Balaban J connectivity index is 2.50. The van der Waals surface area contributed by atoms with E-state index in [1.54, 1.807) is 12.0 Å². The van der Waals surface area contributed by atoms with Crippen molar-refractivity contribution in [1.82, 2.24) is 0 Å². The minimum atomic E-state index is 0.0749. The van der Waals surface area contributed by atoms with Crippen molar-refractivity contribution in [3.63, 3.8) is 0 Å². The van der Waals surface area contributed by atoms with E-state index in [-0.39, 0.29) is 12.0 Å². The number of aliphatic imine (C=N–C) groups is 1. The predicted octanol–water partition coefficient (Wildman–Crippen LogP) is 1.27. The molecular weight excluding hydrogens is 154 g/mol. The lowest BCUT2D eigenvalue weighted by molar-refractivity contribution is 0.373. The van der Waals surface area contributed by atoms with Crippen molar-refractivity contribution in [2.45, 2.75) is 31.7 Å². The molecule has 0 radical (unpaired) electrons. The maximum absolute atomic E-state index is 10.0. The molecule has 0 N–H and O–H groups in total. The number of isocyanates is 1. The molecule has 0 heterocycles. The fourth-order valence-corrected chi connectivity index (χ4v) is 1.64. The van der Waals surface area contributed by atoms with E-state index >= 15 is 0 Å². The first-order chi connectivity index (χ1) is 5.86. The van der Waals surface area contributed by atoms with Crippen LogP contribution in [0.3, 0.4) is 0 Å². The highest BCUT2D eigenvalue weighted by Gasteiger charge is 2.19. The summed E-state index contributed by atoms with van der Waals surface area (Å²) >= 11 is 0. The maximum atomic E-state index is 10.0. The van der Waals surface area contributed by atoms with Crippen LogP contribution in [-0.2, 0) is 9.59 Å². The van der Waals surface area contributed by atoms with E-state index in [2.05, 4.69) is 4.99 Å². The van der Waals surface area contributed by atoms with Gasteiger partial charge in [0.25, 0.3) is 0 Å². The van der Waals surface area contributed by atoms with E-state index in [1.165, 1.54) is 6.08 Å². The second-order valence-electron chi connectivity index (χ2n) is 3.09. The highest BCUT2D eigenvalue weighted by molar-refractivity contribution is 5.45. The zero-order valence-electron chi connectivity index (χ0n) is 6.82. The van der Waals surface area contributed by atoms with Crippen LogP contribution in [-0.4, -0.2) is 18.1 Å². The summed E-state index contributed by atoms with van der Waals surface area (Å²) in [6.45, 7) is 0. The molecule has 0 aromatic heterocycles. The Labute approximate surface area is 71.2 Å². The van der Waals surface area contributed by atoms with Gasteiger partial charge in [-0.25, -0.2) is 14.6 Å². The quantitative estimate of drug-likeness (QED) is 0.351. The molecule has 2 unspecified atom stereocenters. The van der Waals surface area contributed by atoms with Gasteiger partial charge < -0.3 is 0 Å². The third-order valence-electron chi connectivity index (χ3n) is 2.23. The van der Waals surface area contributed by atoms with Crippen molar-refractivity contribution in [2.75, 3.05) is 0 Å². The molecule has 12 heavy (non-hydrogen) atoms. The van der Waals surface area contributed by atoms with E-state index in [0.717, 1.165) is 25.7 Å². The molecule has 0 amide bonds. The van der Waals surface area contributed by atoms with E-state index < -0.39 is 0 Å². The number of rotatable bonds is 2. The first kappa shape index (κ1) is 8.92. The van der Waals surface area contributed by atoms with Crippen molar-refractivity contribution in [1.29, 1.82) is 0 Å². The van der Waals surface area contributed by atoms with Crippen LogP contribution >= 0.6 is 0 Å². The van der Waals surface area contributed by atoms with Crippen LogP contribution in [0, 0.1) is 5.92 Å². The van der Waals surface area contributed by atoms with Gasteiger partial charge in [0.2, 0.25) is 6.08 Å². The van der Waals surface area contributed by atoms with Crippen LogP contribution in [0.15, 0.2) is 11.1 Å². The van der Waals surface area contributed by atoms with Crippen molar-refractivity contribution in [3.05, 3.63) is 6.08 Å². The molecule has 1 fully saturated rings. The Kier molecular flexibility index (Phi) is 3.46. The lowest BCUT2D eigenvalue weighted by Gasteiger charge is -2.21. The lowest BCUT2D eigenvalue weighted by atomic mass is 9.86. The summed E-state index contributed by atoms with van der Waals surface area (Å²) in [5, 5.41) is 0. The van der Waals surface area contributed by atoms with Crippen molar-refractivity contribution < 1.29 is 9.59 Å². The average Bonchev–Trinajstić information content (AvgIpc) is 2.06. The van der Waals surface area contributed by atoms with E-state index in [4.69, 9.17) is 0 Å². The van der Waals surface area contributed by atoms with Crippen LogP contribution in [0.5, 0.6) is 0 Å². The summed E-state index contributed by atoms with van der Waals surface area (Å²) in [7, 11) is 0. The summed E-state index contributed by atoms with van der Waals surface area (Å²) < 4.78 is 0. The van der Waals surface area contributed by atoms with Crippen LogP contribution in [0.25, 0.3) is 0 Å². The van der Waals surface area contributed by atoms with Crippen LogP contribution in [0.1, 0.15) is 25.7 Å². The molecule has 64 valence electrons. The summed E-state index contributed by atoms with van der Waals surface area (Å²) in [5.41, 5.74) is 0. The topological polar surface area (TPSA) is 46.5 Å². The Bertz CT molecular complexity index is 213. The average molecular weight is 165 g/mol. The second kappa shape index (κ2) is 4.66. The van der Waals surface area contributed by atoms with Crippen molar-refractivity contribution in [3.8, 4) is 0 Å². The monoisotopic (exact) mass is 165 g/mol. The maximum Gasteiger partial charge on any atom is 0.235 e. The van der Waals surface area contributed by atoms with E-state index in [1.807, 2.05) is 0 Å². The standard InChI is InChI=1S/C9H11NO2/c11-5-4-8-2-1-3-9(6-8)10-7-12/h4,8-9H,1-3,6H2. The molecular formula is C9H11NO2. The minimum Gasteiger partial charge on any atom is -0.234 e. The van der Waals surface area contributed by atoms with Gasteiger partial charge in [0, 0.05) is 6.08 Å². The fourth-order valence-electron chi connectivity index (χ4n) is 1.64. The number of carbonyl (C=O) groups excluding carboxylic acids is 2. The van der Waals surface area contributed by atoms with Gasteiger partial charge in [-0.2, -0.15) is 0 Å². The van der Waals surface area contributed by atoms with Gasteiger partial charge in [-0.15, -0.1) is 0 Å². The minimum absolute atomic E-state index is 0.0749.